The van der Waals surface area contributed by atoms with Crippen molar-refractivity contribution >= 4 is 0 Å². The van der Waals surface area contributed by atoms with Crippen LogP contribution in [0.3, 0.4) is 0 Å². The van der Waals surface area contributed by atoms with Crippen molar-refractivity contribution in [3.8, 4) is 11.1 Å². The van der Waals surface area contributed by atoms with Crippen LogP contribution in [0, 0.1) is 19.1 Å². The minimum absolute atomic E-state index is 1.17. The summed E-state index contributed by atoms with van der Waals surface area (Å²) in [6.07, 6.45) is 0. The summed E-state index contributed by atoms with van der Waals surface area (Å²) in [6.45, 7) is 2.10. The van der Waals surface area contributed by atoms with Gasteiger partial charge in [0.15, 0.2) is 0 Å². The highest BCUT2D eigenvalue weighted by molar-refractivity contribution is 5.65. The minimum Gasteiger partial charge on any atom is -0.0613 e. The van der Waals surface area contributed by atoms with Gasteiger partial charge in [-0.15, -0.1) is 0 Å². The molecular weight excluding hydrogens is 156 g/mol. The van der Waals surface area contributed by atoms with Gasteiger partial charge in [0.25, 0.3) is 0 Å². The van der Waals surface area contributed by atoms with Gasteiger partial charge in [0, 0.05) is 0 Å². The van der Waals surface area contributed by atoms with Crippen LogP contribution in [-0.2, 0) is 0 Å². The first-order chi connectivity index (χ1) is 6.38. The topological polar surface area (TPSA) is 0 Å². The molecule has 2 aromatic rings. The predicted molar refractivity (Wildman–Crippen MR) is 54.3 cm³/mol. The van der Waals surface area contributed by atoms with Crippen LogP contribution >= 0.6 is 0 Å². The molecule has 0 N–H and O–H groups in total. The zero-order valence-electron chi connectivity index (χ0n) is 7.54. The summed E-state index contributed by atoms with van der Waals surface area (Å²) in [5.41, 5.74) is 3.60. The maximum atomic E-state index is 3.23. The lowest BCUT2D eigenvalue weighted by molar-refractivity contribution is 1.45. The van der Waals surface area contributed by atoms with E-state index in [0.717, 1.165) is 0 Å². The first-order valence-electron chi connectivity index (χ1n) is 4.32. The standard InChI is InChI=1S/C13H10/c1-11-7-5-6-10-13(11)12-8-3-2-4-9-12/h2-3,5-9H,1H3. The second-order valence-electron chi connectivity index (χ2n) is 3.02. The van der Waals surface area contributed by atoms with Gasteiger partial charge in [-0.05, 0) is 41.8 Å². The molecule has 0 aliphatic rings. The fraction of sp³-hybridized carbons (Fsp3) is 0.0769. The van der Waals surface area contributed by atoms with Crippen molar-refractivity contribution in [1.29, 1.82) is 0 Å². The number of hydrogen-bond acceptors (Lipinski definition) is 0. The Morgan fingerprint density at radius 3 is 2.62 bits per heavy atom. The Kier molecular flexibility index (Phi) is 2.13. The molecule has 0 amide bonds. The Morgan fingerprint density at radius 1 is 1.08 bits per heavy atom. The largest absolute Gasteiger partial charge is 0.0613 e. The summed E-state index contributed by atoms with van der Waals surface area (Å²) < 4.78 is 0. The van der Waals surface area contributed by atoms with Crippen molar-refractivity contribution in [1.82, 2.24) is 0 Å². The maximum absolute atomic E-state index is 3.23. The van der Waals surface area contributed by atoms with Gasteiger partial charge in [0.05, 0.1) is 0 Å². The third kappa shape index (κ3) is 1.62. The van der Waals surface area contributed by atoms with E-state index in [9.17, 15) is 0 Å². The van der Waals surface area contributed by atoms with Crippen LogP contribution in [0.1, 0.15) is 5.56 Å². The third-order valence-corrected chi connectivity index (χ3v) is 2.06. The van der Waals surface area contributed by atoms with Crippen molar-refractivity contribution in [2.24, 2.45) is 0 Å². The van der Waals surface area contributed by atoms with Crippen LogP contribution in [-0.4, -0.2) is 0 Å². The average Bonchev–Trinajstić information content (AvgIpc) is 2.20. The number of rotatable bonds is 1. The quantitative estimate of drug-likeness (QED) is 0.610. The van der Waals surface area contributed by atoms with E-state index in [0.29, 0.717) is 0 Å². The van der Waals surface area contributed by atoms with Gasteiger partial charge in [-0.1, -0.05) is 36.4 Å². The van der Waals surface area contributed by atoms with Gasteiger partial charge in [0.2, 0.25) is 0 Å². The molecule has 0 nitrogen and oxygen atoms in total. The lowest BCUT2D eigenvalue weighted by Gasteiger charge is -2.03. The zero-order chi connectivity index (χ0) is 9.10. The first kappa shape index (κ1) is 8.06. The number of aryl methyl sites for hydroxylation is 1. The van der Waals surface area contributed by atoms with Crippen LogP contribution in [0.15, 0.2) is 42.5 Å². The second kappa shape index (κ2) is 3.44. The Morgan fingerprint density at radius 2 is 1.92 bits per heavy atom. The van der Waals surface area contributed by atoms with Crippen LogP contribution in [0.2, 0.25) is 0 Å². The highest BCUT2D eigenvalue weighted by Crippen LogP contribution is 2.21. The predicted octanol–water partition coefficient (Wildman–Crippen LogP) is 3.26. The Labute approximate surface area is 78.9 Å². The molecule has 0 aliphatic carbocycles. The van der Waals surface area contributed by atoms with Crippen LogP contribution in [0.4, 0.5) is 0 Å². The Balaban J connectivity index is 2.54. The highest BCUT2D eigenvalue weighted by Gasteiger charge is 1.98. The Bertz CT molecular complexity index is 388. The van der Waals surface area contributed by atoms with Crippen molar-refractivity contribution in [2.45, 2.75) is 6.92 Å². The van der Waals surface area contributed by atoms with Crippen molar-refractivity contribution in [3.63, 3.8) is 0 Å². The summed E-state index contributed by atoms with van der Waals surface area (Å²) in [6, 6.07) is 20.3. The molecule has 62 valence electrons. The molecule has 0 aromatic heterocycles. The average molecular weight is 166 g/mol. The molecule has 0 heteroatoms. The lowest BCUT2D eigenvalue weighted by atomic mass is 10.0. The van der Waals surface area contributed by atoms with Gasteiger partial charge in [-0.25, -0.2) is 0 Å². The van der Waals surface area contributed by atoms with E-state index in [1.165, 1.54) is 16.7 Å². The minimum atomic E-state index is 1.17. The van der Waals surface area contributed by atoms with Gasteiger partial charge in [-0.2, -0.15) is 0 Å². The second-order valence-corrected chi connectivity index (χ2v) is 3.02. The van der Waals surface area contributed by atoms with Gasteiger partial charge in [-0.3, -0.25) is 0 Å². The molecule has 0 aliphatic heterocycles. The molecule has 0 spiro atoms. The molecule has 0 atom stereocenters. The van der Waals surface area contributed by atoms with Gasteiger partial charge < -0.3 is 0 Å². The summed E-state index contributed by atoms with van der Waals surface area (Å²) >= 11 is 0. The molecule has 2 radical (unpaired) electrons. The molecule has 0 heterocycles. The molecule has 2 aromatic carbocycles. The van der Waals surface area contributed by atoms with Gasteiger partial charge >= 0.3 is 0 Å². The summed E-state index contributed by atoms with van der Waals surface area (Å²) in [4.78, 5) is 0. The molecular formula is C13H10. The van der Waals surface area contributed by atoms with Crippen molar-refractivity contribution < 1.29 is 0 Å². The smallest absolute Gasteiger partial charge is 0.00757 e. The number of benzene rings is 2. The van der Waals surface area contributed by atoms with E-state index in [2.05, 4.69) is 31.2 Å². The number of hydrogen-bond donors (Lipinski definition) is 0. The molecule has 0 bridgehead atoms. The zero-order valence-corrected chi connectivity index (χ0v) is 7.54. The van der Waals surface area contributed by atoms with E-state index in [4.69, 9.17) is 0 Å². The monoisotopic (exact) mass is 166 g/mol. The maximum Gasteiger partial charge on any atom is -0.00757 e. The van der Waals surface area contributed by atoms with E-state index in [1.54, 1.807) is 0 Å². The van der Waals surface area contributed by atoms with Crippen LogP contribution < -0.4 is 0 Å². The van der Waals surface area contributed by atoms with Crippen LogP contribution in [0.5, 0.6) is 0 Å². The molecule has 0 unspecified atom stereocenters. The first-order valence-corrected chi connectivity index (χ1v) is 4.32. The summed E-state index contributed by atoms with van der Waals surface area (Å²) in [5.74, 6) is 0. The summed E-state index contributed by atoms with van der Waals surface area (Å²) in [5, 5.41) is 0. The van der Waals surface area contributed by atoms with Crippen LogP contribution in [0.25, 0.3) is 11.1 Å². The van der Waals surface area contributed by atoms with Crippen molar-refractivity contribution in [2.75, 3.05) is 0 Å². The molecule has 0 fully saturated rings. The Hall–Kier alpha value is -1.56. The highest BCUT2D eigenvalue weighted by atomic mass is 14.0. The van der Waals surface area contributed by atoms with Gasteiger partial charge in [0.1, 0.15) is 0 Å². The van der Waals surface area contributed by atoms with E-state index in [1.807, 2.05) is 30.3 Å². The summed E-state index contributed by atoms with van der Waals surface area (Å²) in [7, 11) is 0. The molecule has 0 saturated carbocycles. The van der Waals surface area contributed by atoms with Crippen molar-refractivity contribution in [3.05, 3.63) is 60.2 Å². The molecule has 13 heavy (non-hydrogen) atoms. The SMILES string of the molecule is Cc1ccc[c]c1-c1c[c]ccc1. The molecule has 0 saturated heterocycles. The fourth-order valence-corrected chi connectivity index (χ4v) is 1.38. The van der Waals surface area contributed by atoms with E-state index < -0.39 is 0 Å². The third-order valence-electron chi connectivity index (χ3n) is 2.06. The lowest BCUT2D eigenvalue weighted by Crippen LogP contribution is -1.81. The van der Waals surface area contributed by atoms with E-state index >= 15 is 0 Å². The normalized spacial score (nSPS) is 9.92. The molecule has 2 rings (SSSR count). The van der Waals surface area contributed by atoms with E-state index in [-0.39, 0.29) is 0 Å². The fourth-order valence-electron chi connectivity index (χ4n) is 1.38.